The van der Waals surface area contributed by atoms with Crippen molar-refractivity contribution in [2.45, 2.75) is 18.8 Å². The normalized spacial score (nSPS) is 10.3. The van der Waals surface area contributed by atoms with E-state index in [1.165, 1.54) is 12.1 Å². The monoisotopic (exact) mass is 250 g/mol. The molecule has 0 aliphatic rings. The molecule has 0 aliphatic heterocycles. The summed E-state index contributed by atoms with van der Waals surface area (Å²) in [5.41, 5.74) is -1.53. The molecule has 0 bridgehead atoms. The first-order valence-corrected chi connectivity index (χ1v) is 4.58. The van der Waals surface area contributed by atoms with Crippen molar-refractivity contribution in [1.29, 1.82) is 0 Å². The number of carboxylic acids is 2. The maximum atomic E-state index is 11.1. The maximum absolute atomic E-state index is 11.1. The molecule has 1 rings (SSSR count). The number of rotatable bonds is 4. The van der Waals surface area contributed by atoms with Crippen LogP contribution in [0.4, 0.5) is 0 Å². The van der Waals surface area contributed by atoms with E-state index in [9.17, 15) is 9.59 Å². The second-order valence-electron chi connectivity index (χ2n) is 3.24. The van der Waals surface area contributed by atoms with Crippen LogP contribution in [0, 0.1) is 0 Å². The molecule has 0 spiro atoms. The fourth-order valence-corrected chi connectivity index (χ4v) is 1.57. The van der Waals surface area contributed by atoms with Gasteiger partial charge in [0.15, 0.2) is 5.41 Å². The zero-order chi connectivity index (χ0) is 11.5. The van der Waals surface area contributed by atoms with Crippen molar-refractivity contribution < 1.29 is 19.8 Å². The van der Waals surface area contributed by atoms with Gasteiger partial charge in [0.05, 0.1) is 0 Å². The number of carbonyl (C=O) groups is 2. The standard InChI is InChI=1S/C11H12O4.Ca.2H/c1-2-11(9(12)13,10(14)15)8-6-4-3-5-7-8;;;/h3-7H,2H2,1H3,(H,12,13)(H,14,15);;;. The van der Waals surface area contributed by atoms with Crippen LogP contribution in [0.15, 0.2) is 30.3 Å². The van der Waals surface area contributed by atoms with E-state index in [1.807, 2.05) is 0 Å². The van der Waals surface area contributed by atoms with Crippen LogP contribution in [0.1, 0.15) is 18.9 Å². The SMILES string of the molecule is CCC(C(=O)O)(C(=O)O)c1ccccc1.[CaH2]. The van der Waals surface area contributed by atoms with E-state index in [0.29, 0.717) is 5.56 Å². The summed E-state index contributed by atoms with van der Waals surface area (Å²) < 4.78 is 0. The minimum absolute atomic E-state index is 0. The summed E-state index contributed by atoms with van der Waals surface area (Å²) >= 11 is 0. The van der Waals surface area contributed by atoms with Gasteiger partial charge in [0.2, 0.25) is 0 Å². The molecule has 0 unspecified atom stereocenters. The van der Waals surface area contributed by atoms with Crippen molar-refractivity contribution >= 4 is 49.7 Å². The van der Waals surface area contributed by atoms with Gasteiger partial charge in [0.1, 0.15) is 0 Å². The van der Waals surface area contributed by atoms with Gasteiger partial charge in [-0.1, -0.05) is 37.3 Å². The Morgan fingerprint density at radius 3 is 1.88 bits per heavy atom. The molecule has 0 heterocycles. The van der Waals surface area contributed by atoms with Crippen LogP contribution >= 0.6 is 0 Å². The fraction of sp³-hybridized carbons (Fsp3) is 0.273. The van der Waals surface area contributed by atoms with Crippen molar-refractivity contribution in [2.24, 2.45) is 0 Å². The van der Waals surface area contributed by atoms with Crippen LogP contribution in [0.2, 0.25) is 0 Å². The predicted molar refractivity (Wildman–Crippen MR) is 62.2 cm³/mol. The van der Waals surface area contributed by atoms with Crippen LogP contribution in [-0.4, -0.2) is 59.9 Å². The van der Waals surface area contributed by atoms with Gasteiger partial charge >= 0.3 is 49.7 Å². The van der Waals surface area contributed by atoms with Gasteiger partial charge in [-0.3, -0.25) is 9.59 Å². The molecular formula is C11H14CaO4. The van der Waals surface area contributed by atoms with Gasteiger partial charge in [0, 0.05) is 0 Å². The Labute approximate surface area is 123 Å². The Morgan fingerprint density at radius 1 is 1.12 bits per heavy atom. The van der Waals surface area contributed by atoms with E-state index in [4.69, 9.17) is 10.2 Å². The molecule has 1 aromatic rings. The van der Waals surface area contributed by atoms with Crippen LogP contribution in [0.3, 0.4) is 0 Å². The summed E-state index contributed by atoms with van der Waals surface area (Å²) in [6.07, 6.45) is 0.0156. The third-order valence-corrected chi connectivity index (χ3v) is 2.53. The van der Waals surface area contributed by atoms with Crippen molar-refractivity contribution in [1.82, 2.24) is 0 Å². The molecule has 4 nitrogen and oxygen atoms in total. The number of carboxylic acid groups (broad SMARTS) is 2. The van der Waals surface area contributed by atoms with Crippen molar-refractivity contribution in [3.05, 3.63) is 35.9 Å². The first-order valence-electron chi connectivity index (χ1n) is 4.58. The Bertz CT molecular complexity index is 361. The Morgan fingerprint density at radius 2 is 1.56 bits per heavy atom. The zero-order valence-electron chi connectivity index (χ0n) is 8.30. The Kier molecular flexibility index (Phi) is 6.00. The molecule has 84 valence electrons. The Balaban J connectivity index is 0.00000225. The van der Waals surface area contributed by atoms with Gasteiger partial charge in [-0.25, -0.2) is 0 Å². The zero-order valence-corrected chi connectivity index (χ0v) is 8.30. The molecule has 0 saturated heterocycles. The average Bonchev–Trinajstić information content (AvgIpc) is 2.20. The summed E-state index contributed by atoms with van der Waals surface area (Å²) in [4.78, 5) is 22.2. The summed E-state index contributed by atoms with van der Waals surface area (Å²) in [5.74, 6) is -2.66. The summed E-state index contributed by atoms with van der Waals surface area (Å²) in [6.45, 7) is 1.55. The first-order chi connectivity index (χ1) is 7.05. The molecule has 0 aromatic heterocycles. The van der Waals surface area contributed by atoms with E-state index < -0.39 is 17.4 Å². The Hall–Kier alpha value is -0.580. The van der Waals surface area contributed by atoms with E-state index in [1.54, 1.807) is 25.1 Å². The van der Waals surface area contributed by atoms with E-state index in [2.05, 4.69) is 0 Å². The number of hydrogen-bond donors (Lipinski definition) is 2. The van der Waals surface area contributed by atoms with Crippen LogP contribution in [0.25, 0.3) is 0 Å². The number of hydrogen-bond acceptors (Lipinski definition) is 2. The van der Waals surface area contributed by atoms with E-state index >= 15 is 0 Å². The topological polar surface area (TPSA) is 74.6 Å². The molecule has 16 heavy (non-hydrogen) atoms. The summed E-state index contributed by atoms with van der Waals surface area (Å²) in [5, 5.41) is 18.1. The van der Waals surface area contributed by atoms with Crippen LogP contribution in [-0.2, 0) is 15.0 Å². The molecule has 5 heteroatoms. The third-order valence-electron chi connectivity index (χ3n) is 2.53. The van der Waals surface area contributed by atoms with Crippen LogP contribution < -0.4 is 0 Å². The van der Waals surface area contributed by atoms with E-state index in [0.717, 1.165) is 0 Å². The second kappa shape index (κ2) is 6.23. The summed E-state index contributed by atoms with van der Waals surface area (Å²) in [7, 11) is 0. The van der Waals surface area contributed by atoms with Crippen LogP contribution in [0.5, 0.6) is 0 Å². The molecular weight excluding hydrogens is 236 g/mol. The van der Waals surface area contributed by atoms with E-state index in [-0.39, 0.29) is 44.2 Å². The van der Waals surface area contributed by atoms with Crippen molar-refractivity contribution in [3.8, 4) is 0 Å². The van der Waals surface area contributed by atoms with Gasteiger partial charge in [0.25, 0.3) is 0 Å². The van der Waals surface area contributed by atoms with Crippen molar-refractivity contribution in [3.63, 3.8) is 0 Å². The first kappa shape index (κ1) is 15.4. The molecule has 0 saturated carbocycles. The molecule has 0 radical (unpaired) electrons. The average molecular weight is 250 g/mol. The molecule has 0 amide bonds. The molecule has 0 aliphatic carbocycles. The van der Waals surface area contributed by atoms with Gasteiger partial charge in [-0.05, 0) is 12.0 Å². The van der Waals surface area contributed by atoms with Gasteiger partial charge in [-0.2, -0.15) is 0 Å². The molecule has 2 N–H and O–H groups in total. The summed E-state index contributed by atoms with van der Waals surface area (Å²) in [6, 6.07) is 8.02. The molecule has 1 aromatic carbocycles. The van der Waals surface area contributed by atoms with Gasteiger partial charge < -0.3 is 10.2 Å². The minimum atomic E-state index is -1.83. The second-order valence-corrected chi connectivity index (χ2v) is 3.24. The molecule has 0 fully saturated rings. The number of aliphatic carboxylic acids is 2. The fourth-order valence-electron chi connectivity index (χ4n) is 1.57. The van der Waals surface area contributed by atoms with Gasteiger partial charge in [-0.15, -0.1) is 0 Å². The number of benzene rings is 1. The molecule has 0 atom stereocenters. The quantitative estimate of drug-likeness (QED) is 0.606. The third kappa shape index (κ3) is 2.56. The predicted octanol–water partition coefficient (Wildman–Crippen LogP) is 0.587. The van der Waals surface area contributed by atoms with Crippen molar-refractivity contribution in [2.75, 3.05) is 0 Å².